The van der Waals surface area contributed by atoms with Gasteiger partial charge in [0.1, 0.15) is 23.0 Å². The van der Waals surface area contributed by atoms with Crippen molar-refractivity contribution in [2.75, 3.05) is 13.2 Å². The molecule has 3 aliphatic rings. The van der Waals surface area contributed by atoms with E-state index in [1.54, 1.807) is 24.3 Å². The maximum atomic E-state index is 9.95. The summed E-state index contributed by atoms with van der Waals surface area (Å²) in [5.41, 5.74) is 3.05. The Hall–Kier alpha value is -2.50. The summed E-state index contributed by atoms with van der Waals surface area (Å²) in [7, 11) is 0. The molecule has 26 heavy (non-hydrogen) atoms. The number of rotatable bonds is 1. The average Bonchev–Trinajstić information content (AvgIpc) is 3.09. The first-order valence-corrected chi connectivity index (χ1v) is 8.95. The number of hydrogen-bond acceptors (Lipinski definition) is 5. The van der Waals surface area contributed by atoms with Gasteiger partial charge in [-0.15, -0.1) is 0 Å². The molecule has 134 valence electrons. The van der Waals surface area contributed by atoms with E-state index in [-0.39, 0.29) is 17.4 Å². The lowest BCUT2D eigenvalue weighted by molar-refractivity contribution is -0.169. The van der Waals surface area contributed by atoms with Crippen LogP contribution in [0.15, 0.2) is 48.0 Å². The van der Waals surface area contributed by atoms with E-state index in [1.165, 1.54) is 0 Å². The van der Waals surface area contributed by atoms with Crippen molar-refractivity contribution in [2.45, 2.75) is 31.0 Å². The predicted octanol–water partition coefficient (Wildman–Crippen LogP) is 3.91. The number of hydrogen-bond donors (Lipinski definition) is 2. The first-order chi connectivity index (χ1) is 12.6. The predicted molar refractivity (Wildman–Crippen MR) is 95.0 cm³/mol. The zero-order valence-electron chi connectivity index (χ0n) is 14.3. The molecule has 0 radical (unpaired) electrons. The summed E-state index contributed by atoms with van der Waals surface area (Å²) in [5, 5.41) is 19.6. The molecule has 0 amide bonds. The maximum Gasteiger partial charge on any atom is 0.172 e. The summed E-state index contributed by atoms with van der Waals surface area (Å²) >= 11 is 0. The summed E-state index contributed by atoms with van der Waals surface area (Å²) in [6, 6.07) is 12.3. The minimum Gasteiger partial charge on any atom is -0.508 e. The van der Waals surface area contributed by atoms with E-state index in [0.717, 1.165) is 41.1 Å². The molecule has 0 aromatic heterocycles. The lowest BCUT2D eigenvalue weighted by atomic mass is 9.74. The molecule has 2 aromatic carbocycles. The van der Waals surface area contributed by atoms with Crippen LogP contribution in [-0.4, -0.2) is 29.2 Å². The number of fused-ring (bicyclic) bond motifs is 3. The number of ether oxygens (including phenoxy) is 3. The lowest BCUT2D eigenvalue weighted by Crippen LogP contribution is -2.37. The van der Waals surface area contributed by atoms with Gasteiger partial charge in [-0.05, 0) is 54.5 Å². The van der Waals surface area contributed by atoms with Crippen LogP contribution in [0, 0.1) is 0 Å². The molecule has 1 saturated heterocycles. The third kappa shape index (κ3) is 2.47. The third-order valence-electron chi connectivity index (χ3n) is 5.51. The maximum absolute atomic E-state index is 9.95. The molecule has 2 aromatic rings. The van der Waals surface area contributed by atoms with Crippen LogP contribution in [0.1, 0.15) is 36.3 Å². The minimum atomic E-state index is -0.564. The van der Waals surface area contributed by atoms with Gasteiger partial charge < -0.3 is 24.4 Å². The van der Waals surface area contributed by atoms with Crippen molar-refractivity contribution < 1.29 is 24.4 Å². The molecule has 2 heterocycles. The second-order valence-electron chi connectivity index (χ2n) is 7.10. The fraction of sp³-hybridized carbons (Fsp3) is 0.333. The molecular weight excluding hydrogens is 332 g/mol. The van der Waals surface area contributed by atoms with Gasteiger partial charge in [0.05, 0.1) is 13.2 Å². The van der Waals surface area contributed by atoms with Crippen molar-refractivity contribution >= 4 is 5.76 Å². The number of phenolic OH excluding ortho intramolecular Hbond substituents is 2. The first-order valence-electron chi connectivity index (χ1n) is 8.95. The fourth-order valence-corrected chi connectivity index (χ4v) is 4.30. The summed E-state index contributed by atoms with van der Waals surface area (Å²) in [5.74, 6) is 1.63. The van der Waals surface area contributed by atoms with Gasteiger partial charge in [-0.25, -0.2) is 0 Å². The van der Waals surface area contributed by atoms with E-state index < -0.39 is 5.79 Å². The van der Waals surface area contributed by atoms with Gasteiger partial charge in [0.25, 0.3) is 0 Å². The highest BCUT2D eigenvalue weighted by molar-refractivity contribution is 5.71. The van der Waals surface area contributed by atoms with Gasteiger partial charge in [-0.1, -0.05) is 0 Å². The fourth-order valence-electron chi connectivity index (χ4n) is 4.30. The molecule has 0 bridgehead atoms. The Bertz CT molecular complexity index is 878. The van der Waals surface area contributed by atoms with Gasteiger partial charge in [0.15, 0.2) is 5.79 Å². The number of aromatic hydroxyl groups is 2. The first kappa shape index (κ1) is 15.7. The topological polar surface area (TPSA) is 68.2 Å². The highest BCUT2D eigenvalue weighted by Crippen LogP contribution is 2.53. The molecule has 5 nitrogen and oxygen atoms in total. The van der Waals surface area contributed by atoms with E-state index >= 15 is 0 Å². The smallest absolute Gasteiger partial charge is 0.172 e. The van der Waals surface area contributed by atoms with E-state index in [0.29, 0.717) is 19.6 Å². The normalized spacial score (nSPS) is 23.5. The van der Waals surface area contributed by atoms with Crippen molar-refractivity contribution in [3.8, 4) is 17.2 Å². The lowest BCUT2D eigenvalue weighted by Gasteiger charge is -2.41. The van der Waals surface area contributed by atoms with Crippen molar-refractivity contribution in [2.24, 2.45) is 0 Å². The zero-order valence-corrected chi connectivity index (χ0v) is 14.3. The van der Waals surface area contributed by atoms with E-state index in [4.69, 9.17) is 14.2 Å². The Kier molecular flexibility index (Phi) is 3.48. The van der Waals surface area contributed by atoms with Crippen LogP contribution in [0.2, 0.25) is 0 Å². The molecule has 2 aliphatic heterocycles. The van der Waals surface area contributed by atoms with Crippen molar-refractivity contribution in [1.29, 1.82) is 0 Å². The molecule has 2 fully saturated rings. The Morgan fingerprint density at radius 3 is 2.42 bits per heavy atom. The molecule has 5 heteroatoms. The Morgan fingerprint density at radius 2 is 1.65 bits per heavy atom. The molecule has 2 N–H and O–H groups in total. The standard InChI is InChI=1S/C21H20O5/c22-14-3-1-13(2-4-14)20-18-12-21(24-9-10-25-21)8-7-16(18)17-11-15(23)5-6-19(17)26-20/h1-6,11,16,22-23H,7-10,12H2/t16-/m1/s1. The molecule has 5 rings (SSSR count). The molecular formula is C21H20O5. The third-order valence-corrected chi connectivity index (χ3v) is 5.51. The summed E-state index contributed by atoms with van der Waals surface area (Å²) in [6.07, 6.45) is 2.33. The Balaban J connectivity index is 1.64. The van der Waals surface area contributed by atoms with Gasteiger partial charge in [-0.3, -0.25) is 0 Å². The van der Waals surface area contributed by atoms with Gasteiger partial charge in [0.2, 0.25) is 0 Å². The van der Waals surface area contributed by atoms with Crippen LogP contribution in [0.4, 0.5) is 0 Å². The van der Waals surface area contributed by atoms with Crippen LogP contribution in [0.3, 0.4) is 0 Å². The van der Waals surface area contributed by atoms with E-state index in [2.05, 4.69) is 0 Å². The van der Waals surface area contributed by atoms with Crippen molar-refractivity contribution in [1.82, 2.24) is 0 Å². The molecule has 0 unspecified atom stereocenters. The van der Waals surface area contributed by atoms with Crippen LogP contribution in [0.25, 0.3) is 5.76 Å². The summed E-state index contributed by atoms with van der Waals surface area (Å²) in [4.78, 5) is 0. The van der Waals surface area contributed by atoms with Crippen LogP contribution < -0.4 is 4.74 Å². The molecule has 1 saturated carbocycles. The highest BCUT2D eigenvalue weighted by Gasteiger charge is 2.46. The molecule has 1 spiro atoms. The largest absolute Gasteiger partial charge is 0.508 e. The highest BCUT2D eigenvalue weighted by atomic mass is 16.7. The average molecular weight is 352 g/mol. The summed E-state index contributed by atoms with van der Waals surface area (Å²) < 4.78 is 18.1. The second kappa shape index (κ2) is 5.76. The van der Waals surface area contributed by atoms with Crippen molar-refractivity contribution in [3.05, 3.63) is 59.2 Å². The Labute approximate surface area is 151 Å². The second-order valence-corrected chi connectivity index (χ2v) is 7.10. The van der Waals surface area contributed by atoms with Gasteiger partial charge >= 0.3 is 0 Å². The van der Waals surface area contributed by atoms with Crippen LogP contribution in [-0.2, 0) is 9.47 Å². The molecule has 1 aliphatic carbocycles. The quantitative estimate of drug-likeness (QED) is 0.814. The molecule has 1 atom stereocenters. The zero-order chi connectivity index (χ0) is 17.7. The van der Waals surface area contributed by atoms with Crippen LogP contribution >= 0.6 is 0 Å². The van der Waals surface area contributed by atoms with Crippen LogP contribution in [0.5, 0.6) is 17.2 Å². The van der Waals surface area contributed by atoms with E-state index in [1.807, 2.05) is 18.2 Å². The van der Waals surface area contributed by atoms with E-state index in [9.17, 15) is 10.2 Å². The number of phenols is 2. The monoisotopic (exact) mass is 352 g/mol. The SMILES string of the molecule is Oc1ccc(C2=C3CC4(CC[C@@H]3c3cc(O)ccc3O2)OCCO4)cc1. The Morgan fingerprint density at radius 1 is 0.923 bits per heavy atom. The van der Waals surface area contributed by atoms with Gasteiger partial charge in [-0.2, -0.15) is 0 Å². The number of benzene rings is 2. The van der Waals surface area contributed by atoms with Gasteiger partial charge in [0, 0.05) is 29.9 Å². The van der Waals surface area contributed by atoms with Crippen molar-refractivity contribution in [3.63, 3.8) is 0 Å². The summed E-state index contributed by atoms with van der Waals surface area (Å²) in [6.45, 7) is 1.23. The minimum absolute atomic E-state index is 0.160.